The van der Waals surface area contributed by atoms with Crippen molar-refractivity contribution in [1.29, 1.82) is 0 Å². The van der Waals surface area contributed by atoms with E-state index in [4.69, 9.17) is 9.47 Å². The number of sulfonamides is 1. The summed E-state index contributed by atoms with van der Waals surface area (Å²) in [4.78, 5) is 28.4. The third-order valence-corrected chi connectivity index (χ3v) is 8.32. The third kappa shape index (κ3) is 8.23. The Hall–Kier alpha value is -4.05. The van der Waals surface area contributed by atoms with Crippen molar-refractivity contribution in [2.24, 2.45) is 0 Å². The molecule has 0 spiro atoms. The molecule has 10 heteroatoms. The van der Waals surface area contributed by atoms with Crippen LogP contribution < -0.4 is 19.1 Å². The molecule has 0 saturated heterocycles. The predicted octanol–water partition coefficient (Wildman–Crippen LogP) is 4.54. The fraction of sp³-hybridized carbons (Fsp3) is 0.355. The Morgan fingerprint density at radius 1 is 0.951 bits per heavy atom. The van der Waals surface area contributed by atoms with Gasteiger partial charge in [0.25, 0.3) is 10.0 Å². The van der Waals surface area contributed by atoms with Crippen molar-refractivity contribution >= 4 is 27.5 Å². The van der Waals surface area contributed by atoms with Gasteiger partial charge in [0.15, 0.2) is 0 Å². The topological polar surface area (TPSA) is 105 Å². The largest absolute Gasteiger partial charge is 0.497 e. The number of anilines is 1. The van der Waals surface area contributed by atoms with E-state index < -0.39 is 28.5 Å². The molecule has 0 fully saturated rings. The highest BCUT2D eigenvalue weighted by atomic mass is 32.2. The van der Waals surface area contributed by atoms with E-state index in [2.05, 4.69) is 5.32 Å². The quantitative estimate of drug-likeness (QED) is 0.300. The van der Waals surface area contributed by atoms with Gasteiger partial charge >= 0.3 is 0 Å². The lowest BCUT2D eigenvalue weighted by atomic mass is 10.1. The Morgan fingerprint density at radius 2 is 1.63 bits per heavy atom. The lowest BCUT2D eigenvalue weighted by Crippen LogP contribution is -2.51. The molecule has 0 aromatic heterocycles. The summed E-state index contributed by atoms with van der Waals surface area (Å²) in [6.45, 7) is 7.79. The third-order valence-electron chi connectivity index (χ3n) is 6.53. The molecule has 9 nitrogen and oxygen atoms in total. The van der Waals surface area contributed by atoms with Crippen LogP contribution in [0.4, 0.5) is 5.69 Å². The smallest absolute Gasteiger partial charge is 0.264 e. The van der Waals surface area contributed by atoms with Crippen molar-refractivity contribution in [3.05, 3.63) is 83.9 Å². The highest BCUT2D eigenvalue weighted by Gasteiger charge is 2.32. The van der Waals surface area contributed by atoms with Gasteiger partial charge in [0, 0.05) is 13.1 Å². The molecule has 2 amide bonds. The van der Waals surface area contributed by atoms with Gasteiger partial charge in [-0.15, -0.1) is 0 Å². The van der Waals surface area contributed by atoms with E-state index in [9.17, 15) is 18.0 Å². The van der Waals surface area contributed by atoms with E-state index in [0.29, 0.717) is 30.3 Å². The summed E-state index contributed by atoms with van der Waals surface area (Å²) in [6, 6.07) is 19.3. The molecule has 0 bridgehead atoms. The maximum atomic E-state index is 14.0. The van der Waals surface area contributed by atoms with Crippen molar-refractivity contribution in [1.82, 2.24) is 10.2 Å². The van der Waals surface area contributed by atoms with Crippen LogP contribution in [-0.2, 0) is 26.2 Å². The Kier molecular flexibility index (Phi) is 11.2. The van der Waals surface area contributed by atoms with Crippen LogP contribution in [0.2, 0.25) is 0 Å². The normalized spacial score (nSPS) is 11.8. The van der Waals surface area contributed by atoms with Gasteiger partial charge in [0.2, 0.25) is 11.8 Å². The van der Waals surface area contributed by atoms with Crippen LogP contribution in [0.5, 0.6) is 11.5 Å². The minimum Gasteiger partial charge on any atom is -0.497 e. The first kappa shape index (κ1) is 31.5. The molecular formula is C31H39N3O6S. The number of amides is 2. The van der Waals surface area contributed by atoms with Crippen LogP contribution >= 0.6 is 0 Å². The van der Waals surface area contributed by atoms with E-state index in [1.807, 2.05) is 26.8 Å². The second kappa shape index (κ2) is 14.5. The summed E-state index contributed by atoms with van der Waals surface area (Å²) in [7, 11) is -2.59. The molecule has 0 aliphatic rings. The number of hydrogen-bond acceptors (Lipinski definition) is 6. The monoisotopic (exact) mass is 581 g/mol. The summed E-state index contributed by atoms with van der Waals surface area (Å²) in [5.41, 5.74) is 1.94. The number of nitrogens with one attached hydrogen (secondary N) is 1. The van der Waals surface area contributed by atoms with Crippen LogP contribution in [0.3, 0.4) is 0 Å². The molecule has 0 heterocycles. The van der Waals surface area contributed by atoms with Gasteiger partial charge in [0.1, 0.15) is 24.1 Å². The van der Waals surface area contributed by atoms with Crippen molar-refractivity contribution in [2.75, 3.05) is 31.1 Å². The number of carbonyl (C=O) groups is 2. The molecule has 1 atom stereocenters. The number of aryl methyl sites for hydroxylation is 1. The van der Waals surface area contributed by atoms with Crippen molar-refractivity contribution in [3.8, 4) is 11.5 Å². The lowest BCUT2D eigenvalue weighted by molar-refractivity contribution is -0.139. The zero-order chi connectivity index (χ0) is 30.0. The lowest BCUT2D eigenvalue weighted by Gasteiger charge is -2.32. The number of methoxy groups -OCH3 is 1. The first-order valence-electron chi connectivity index (χ1n) is 13.6. The molecule has 0 aliphatic carbocycles. The van der Waals surface area contributed by atoms with Gasteiger partial charge in [-0.1, -0.05) is 36.8 Å². The fourth-order valence-corrected chi connectivity index (χ4v) is 5.60. The van der Waals surface area contributed by atoms with Crippen LogP contribution in [0, 0.1) is 6.92 Å². The maximum absolute atomic E-state index is 14.0. The number of rotatable bonds is 14. The predicted molar refractivity (Wildman–Crippen MR) is 160 cm³/mol. The van der Waals surface area contributed by atoms with Crippen LogP contribution in [0.1, 0.15) is 38.3 Å². The molecule has 1 unspecified atom stereocenters. The van der Waals surface area contributed by atoms with E-state index in [1.165, 1.54) is 17.0 Å². The molecule has 3 aromatic rings. The molecule has 0 aliphatic heterocycles. The Bertz CT molecular complexity index is 1410. The highest BCUT2D eigenvalue weighted by molar-refractivity contribution is 7.92. The number of ether oxygens (including phenoxy) is 2. The zero-order valence-electron chi connectivity index (χ0n) is 24.3. The molecule has 1 N–H and O–H groups in total. The number of hydrogen-bond donors (Lipinski definition) is 1. The molecule has 220 valence electrons. The Balaban J connectivity index is 2.03. The number of benzene rings is 3. The van der Waals surface area contributed by atoms with E-state index in [-0.39, 0.29) is 17.3 Å². The SMILES string of the molecule is CCCNC(=O)C(C)N(Cc1cccc(OC)c1)C(=O)CN(c1ccc(OCC)cc1)S(=O)(=O)c1ccc(C)cc1. The van der Waals surface area contributed by atoms with Crippen LogP contribution in [0.25, 0.3) is 0 Å². The Morgan fingerprint density at radius 3 is 2.24 bits per heavy atom. The molecule has 41 heavy (non-hydrogen) atoms. The van der Waals surface area contributed by atoms with Crippen molar-refractivity contribution in [3.63, 3.8) is 0 Å². The average Bonchev–Trinajstić information content (AvgIpc) is 2.97. The molecule has 0 radical (unpaired) electrons. The first-order chi connectivity index (χ1) is 19.6. The van der Waals surface area contributed by atoms with E-state index in [0.717, 1.165) is 21.9 Å². The van der Waals surface area contributed by atoms with Gasteiger partial charge in [-0.05, 0) is 81.3 Å². The van der Waals surface area contributed by atoms with Gasteiger partial charge in [-0.2, -0.15) is 0 Å². The van der Waals surface area contributed by atoms with E-state index >= 15 is 0 Å². The minimum absolute atomic E-state index is 0.0536. The van der Waals surface area contributed by atoms with Crippen molar-refractivity contribution in [2.45, 2.75) is 51.6 Å². The summed E-state index contributed by atoms with van der Waals surface area (Å²) in [6.07, 6.45) is 0.739. The number of carbonyl (C=O) groups excluding carboxylic acids is 2. The molecule has 0 saturated carbocycles. The van der Waals surface area contributed by atoms with Crippen LogP contribution in [-0.4, -0.2) is 58.0 Å². The van der Waals surface area contributed by atoms with Crippen molar-refractivity contribution < 1.29 is 27.5 Å². The molecule has 3 rings (SSSR count). The van der Waals surface area contributed by atoms with Crippen LogP contribution in [0.15, 0.2) is 77.7 Å². The summed E-state index contributed by atoms with van der Waals surface area (Å²) < 4.78 is 39.8. The summed E-state index contributed by atoms with van der Waals surface area (Å²) in [5, 5.41) is 2.84. The second-order valence-electron chi connectivity index (χ2n) is 9.59. The summed E-state index contributed by atoms with van der Waals surface area (Å²) >= 11 is 0. The average molecular weight is 582 g/mol. The standard InChI is InChI=1S/C31H39N3O6S/c1-6-19-32-31(36)24(4)33(21-25-9-8-10-28(20-25)39-5)30(35)22-34(26-13-15-27(16-14-26)40-7-2)41(37,38)29-17-11-23(3)12-18-29/h8-18,20,24H,6-7,19,21-22H2,1-5H3,(H,32,36). The molecule has 3 aromatic carbocycles. The Labute approximate surface area is 243 Å². The first-order valence-corrected chi connectivity index (χ1v) is 15.1. The maximum Gasteiger partial charge on any atom is 0.264 e. The minimum atomic E-state index is -4.14. The highest BCUT2D eigenvalue weighted by Crippen LogP contribution is 2.27. The van der Waals surface area contributed by atoms with Gasteiger partial charge in [-0.25, -0.2) is 8.42 Å². The van der Waals surface area contributed by atoms with Gasteiger partial charge in [0.05, 0.1) is 24.3 Å². The second-order valence-corrected chi connectivity index (χ2v) is 11.5. The zero-order valence-corrected chi connectivity index (χ0v) is 25.1. The summed E-state index contributed by atoms with van der Waals surface area (Å²) in [5.74, 6) is 0.334. The fourth-order valence-electron chi connectivity index (χ4n) is 4.19. The van der Waals surface area contributed by atoms with Gasteiger partial charge in [-0.3, -0.25) is 13.9 Å². The van der Waals surface area contributed by atoms with Gasteiger partial charge < -0.3 is 19.7 Å². The number of nitrogens with zero attached hydrogens (tertiary/aromatic N) is 2. The molecular weight excluding hydrogens is 542 g/mol. The van der Waals surface area contributed by atoms with E-state index in [1.54, 1.807) is 68.6 Å².